The average Bonchev–Trinajstić information content (AvgIpc) is 2.23. The monoisotopic (exact) mass is 298 g/mol. The summed E-state index contributed by atoms with van der Waals surface area (Å²) in [5.74, 6) is 1.54. The molecule has 21 heavy (non-hydrogen) atoms. The van der Waals surface area contributed by atoms with Gasteiger partial charge in [0.25, 0.3) is 0 Å². The van der Waals surface area contributed by atoms with Gasteiger partial charge in [0.1, 0.15) is 5.60 Å². The van der Waals surface area contributed by atoms with Crippen molar-refractivity contribution in [3.05, 3.63) is 0 Å². The predicted octanol–water partition coefficient (Wildman–Crippen LogP) is 3.70. The van der Waals surface area contributed by atoms with E-state index in [-0.39, 0.29) is 11.6 Å². The molecule has 0 aromatic rings. The van der Waals surface area contributed by atoms with Crippen LogP contribution >= 0.6 is 0 Å². The van der Waals surface area contributed by atoms with Crippen molar-refractivity contribution in [2.24, 2.45) is 11.8 Å². The van der Waals surface area contributed by atoms with E-state index in [2.05, 4.69) is 24.5 Å². The summed E-state index contributed by atoms with van der Waals surface area (Å²) in [4.78, 5) is 11.9. The fourth-order valence-corrected chi connectivity index (χ4v) is 2.98. The van der Waals surface area contributed by atoms with Crippen LogP contribution in [0.25, 0.3) is 0 Å². The second-order valence-corrected chi connectivity index (χ2v) is 8.39. The van der Waals surface area contributed by atoms with E-state index >= 15 is 0 Å². The van der Waals surface area contributed by atoms with Crippen LogP contribution in [0.4, 0.5) is 4.79 Å². The first-order chi connectivity index (χ1) is 9.48. The van der Waals surface area contributed by atoms with Gasteiger partial charge < -0.3 is 15.4 Å². The fourth-order valence-electron chi connectivity index (χ4n) is 2.98. The summed E-state index contributed by atoms with van der Waals surface area (Å²) in [6.07, 6.45) is 3.46. The van der Waals surface area contributed by atoms with Crippen molar-refractivity contribution in [3.63, 3.8) is 0 Å². The summed E-state index contributed by atoms with van der Waals surface area (Å²) < 4.78 is 5.32. The molecule has 0 aliphatic heterocycles. The second-order valence-electron chi connectivity index (χ2n) is 8.39. The van der Waals surface area contributed by atoms with Crippen molar-refractivity contribution in [1.82, 2.24) is 10.6 Å². The van der Waals surface area contributed by atoms with E-state index in [1.54, 1.807) is 0 Å². The van der Waals surface area contributed by atoms with Gasteiger partial charge in [0.05, 0.1) is 5.54 Å². The summed E-state index contributed by atoms with van der Waals surface area (Å²) in [5.41, 5.74) is -0.771. The zero-order valence-electron chi connectivity index (χ0n) is 14.9. The lowest BCUT2D eigenvalue weighted by Crippen LogP contribution is -2.54. The van der Waals surface area contributed by atoms with E-state index in [1.165, 1.54) is 19.3 Å². The Morgan fingerprint density at radius 3 is 2.29 bits per heavy atom. The molecule has 1 aliphatic carbocycles. The third kappa shape index (κ3) is 7.16. The Morgan fingerprint density at radius 1 is 1.14 bits per heavy atom. The molecule has 4 heteroatoms. The van der Waals surface area contributed by atoms with E-state index in [9.17, 15) is 4.79 Å². The number of rotatable bonds is 4. The topological polar surface area (TPSA) is 50.4 Å². The van der Waals surface area contributed by atoms with Crippen LogP contribution in [0, 0.1) is 11.8 Å². The standard InChI is InChI=1S/C17H34N2O2/c1-12-8-9-14(13(2)10-12)18-11-17(6,7)19-15(20)21-16(3,4)5/h12-14,18H,8-11H2,1-7H3,(H,19,20). The fraction of sp³-hybridized carbons (Fsp3) is 0.941. The van der Waals surface area contributed by atoms with Crippen molar-refractivity contribution in [2.75, 3.05) is 6.54 Å². The molecule has 0 spiro atoms. The minimum absolute atomic E-state index is 0.314. The molecule has 1 fully saturated rings. The maximum atomic E-state index is 11.9. The highest BCUT2D eigenvalue weighted by molar-refractivity contribution is 5.68. The van der Waals surface area contributed by atoms with Gasteiger partial charge >= 0.3 is 6.09 Å². The molecule has 1 aliphatic rings. The summed E-state index contributed by atoms with van der Waals surface area (Å²) in [5, 5.41) is 6.58. The van der Waals surface area contributed by atoms with Crippen molar-refractivity contribution in [2.45, 2.75) is 84.9 Å². The van der Waals surface area contributed by atoms with Crippen LogP contribution in [0.1, 0.15) is 67.7 Å². The SMILES string of the molecule is CC1CCC(NCC(C)(C)NC(=O)OC(C)(C)C)C(C)C1. The smallest absolute Gasteiger partial charge is 0.408 e. The lowest BCUT2D eigenvalue weighted by Gasteiger charge is -2.36. The Bertz CT molecular complexity index is 347. The maximum Gasteiger partial charge on any atom is 0.408 e. The first kappa shape index (κ1) is 18.3. The molecule has 1 rings (SSSR count). The van der Waals surface area contributed by atoms with Gasteiger partial charge in [-0.3, -0.25) is 0 Å². The maximum absolute atomic E-state index is 11.9. The van der Waals surface area contributed by atoms with Crippen molar-refractivity contribution in [3.8, 4) is 0 Å². The number of carbonyl (C=O) groups is 1. The number of hydrogen-bond donors (Lipinski definition) is 2. The Morgan fingerprint density at radius 2 is 1.76 bits per heavy atom. The molecule has 3 unspecified atom stereocenters. The van der Waals surface area contributed by atoms with Crippen LogP contribution in [-0.4, -0.2) is 29.8 Å². The minimum Gasteiger partial charge on any atom is -0.444 e. The normalized spacial score (nSPS) is 27.3. The van der Waals surface area contributed by atoms with Crippen LogP contribution in [0.2, 0.25) is 0 Å². The lowest BCUT2D eigenvalue weighted by molar-refractivity contribution is 0.0468. The van der Waals surface area contributed by atoms with Gasteiger partial charge in [-0.15, -0.1) is 0 Å². The summed E-state index contributed by atoms with van der Waals surface area (Å²) >= 11 is 0. The zero-order valence-corrected chi connectivity index (χ0v) is 14.9. The van der Waals surface area contributed by atoms with Crippen molar-refractivity contribution >= 4 is 6.09 Å². The number of amides is 1. The molecule has 124 valence electrons. The van der Waals surface area contributed by atoms with E-state index in [0.717, 1.165) is 12.5 Å². The van der Waals surface area contributed by atoms with Gasteiger partial charge in [-0.2, -0.15) is 0 Å². The zero-order chi connectivity index (χ0) is 16.3. The van der Waals surface area contributed by atoms with Gasteiger partial charge in [-0.25, -0.2) is 4.79 Å². The van der Waals surface area contributed by atoms with Crippen LogP contribution in [0.3, 0.4) is 0 Å². The van der Waals surface area contributed by atoms with Crippen molar-refractivity contribution < 1.29 is 9.53 Å². The van der Waals surface area contributed by atoms with Crippen LogP contribution in [0.15, 0.2) is 0 Å². The molecule has 2 N–H and O–H groups in total. The largest absolute Gasteiger partial charge is 0.444 e. The molecule has 3 atom stereocenters. The van der Waals surface area contributed by atoms with Crippen LogP contribution < -0.4 is 10.6 Å². The van der Waals surface area contributed by atoms with E-state index < -0.39 is 5.60 Å². The summed E-state index contributed by atoms with van der Waals surface area (Å²) in [7, 11) is 0. The summed E-state index contributed by atoms with van der Waals surface area (Å²) in [6.45, 7) is 15.1. The molecule has 0 bridgehead atoms. The minimum atomic E-state index is -0.457. The number of hydrogen-bond acceptors (Lipinski definition) is 3. The van der Waals surface area contributed by atoms with Crippen LogP contribution in [0.5, 0.6) is 0 Å². The quantitative estimate of drug-likeness (QED) is 0.832. The molecular weight excluding hydrogens is 264 g/mol. The molecule has 4 nitrogen and oxygen atoms in total. The third-order valence-electron chi connectivity index (χ3n) is 4.08. The number of alkyl carbamates (subject to hydrolysis) is 1. The van der Waals surface area contributed by atoms with Crippen LogP contribution in [-0.2, 0) is 4.74 Å². The molecule has 1 amide bonds. The molecular formula is C17H34N2O2. The van der Waals surface area contributed by atoms with Gasteiger partial charge in [-0.05, 0) is 65.7 Å². The first-order valence-corrected chi connectivity index (χ1v) is 8.23. The van der Waals surface area contributed by atoms with E-state index in [1.807, 2.05) is 34.6 Å². The third-order valence-corrected chi connectivity index (χ3v) is 4.08. The second kappa shape index (κ2) is 6.99. The molecule has 0 saturated heterocycles. The highest BCUT2D eigenvalue weighted by Gasteiger charge is 2.29. The Kier molecular flexibility index (Phi) is 6.09. The Labute approximate surface area is 130 Å². The van der Waals surface area contributed by atoms with Gasteiger partial charge in [0, 0.05) is 12.6 Å². The molecule has 0 aromatic heterocycles. The van der Waals surface area contributed by atoms with Gasteiger partial charge in [-0.1, -0.05) is 13.8 Å². The van der Waals surface area contributed by atoms with Gasteiger partial charge in [0.15, 0.2) is 0 Å². The summed E-state index contributed by atoms with van der Waals surface area (Å²) in [6, 6.07) is 0.556. The number of carbonyl (C=O) groups excluding carboxylic acids is 1. The molecule has 0 radical (unpaired) electrons. The predicted molar refractivity (Wildman–Crippen MR) is 87.4 cm³/mol. The van der Waals surface area contributed by atoms with Gasteiger partial charge in [0.2, 0.25) is 0 Å². The molecule has 1 saturated carbocycles. The Hall–Kier alpha value is -0.770. The highest BCUT2D eigenvalue weighted by atomic mass is 16.6. The van der Waals surface area contributed by atoms with Crippen molar-refractivity contribution in [1.29, 1.82) is 0 Å². The van der Waals surface area contributed by atoms with E-state index in [0.29, 0.717) is 12.0 Å². The first-order valence-electron chi connectivity index (χ1n) is 8.23. The lowest BCUT2D eigenvalue weighted by atomic mass is 9.79. The number of nitrogens with one attached hydrogen (secondary N) is 2. The number of ether oxygens (including phenoxy) is 1. The Balaban J connectivity index is 2.40. The highest BCUT2D eigenvalue weighted by Crippen LogP contribution is 2.28. The average molecular weight is 298 g/mol. The molecule has 0 aromatic carbocycles. The van der Waals surface area contributed by atoms with E-state index in [4.69, 9.17) is 4.74 Å². The molecule has 0 heterocycles.